The van der Waals surface area contributed by atoms with E-state index in [1.165, 1.54) is 12.1 Å². The molecule has 2 atom stereocenters. The molecule has 0 bridgehead atoms. The van der Waals surface area contributed by atoms with Crippen molar-refractivity contribution in [2.75, 3.05) is 23.3 Å². The van der Waals surface area contributed by atoms with E-state index in [1.807, 2.05) is 18.2 Å². The first kappa shape index (κ1) is 15.9. The standard InChI is InChI=1S/C19H21FN4O/c20-14-6-3-5-13(11-14)15-12-17(15)23-19(25)22-16-7-4-8-21-18(16)24-9-1-2-10-24/h3-8,11,15,17H,1-2,9-10,12H2,(H2,22,23,25)/t15-,17+/m0/s1. The van der Waals surface area contributed by atoms with Crippen LogP contribution in [-0.4, -0.2) is 30.1 Å². The summed E-state index contributed by atoms with van der Waals surface area (Å²) in [7, 11) is 0. The zero-order valence-electron chi connectivity index (χ0n) is 13.9. The molecular formula is C19H21FN4O. The largest absolute Gasteiger partial charge is 0.355 e. The van der Waals surface area contributed by atoms with Gasteiger partial charge in [-0.05, 0) is 49.1 Å². The molecule has 5 nitrogen and oxygen atoms in total. The second kappa shape index (κ2) is 6.70. The lowest BCUT2D eigenvalue weighted by molar-refractivity contribution is 0.251. The minimum Gasteiger partial charge on any atom is -0.355 e. The van der Waals surface area contributed by atoms with E-state index in [2.05, 4.69) is 20.5 Å². The van der Waals surface area contributed by atoms with E-state index in [4.69, 9.17) is 0 Å². The fraction of sp³-hybridized carbons (Fsp3) is 0.368. The Balaban J connectivity index is 1.37. The number of halogens is 1. The summed E-state index contributed by atoms with van der Waals surface area (Å²) < 4.78 is 13.3. The van der Waals surface area contributed by atoms with Gasteiger partial charge in [-0.3, -0.25) is 0 Å². The summed E-state index contributed by atoms with van der Waals surface area (Å²) in [5, 5.41) is 5.88. The van der Waals surface area contributed by atoms with Crippen LogP contribution in [0.15, 0.2) is 42.6 Å². The normalized spacial score (nSPS) is 21.9. The monoisotopic (exact) mass is 340 g/mol. The Morgan fingerprint density at radius 3 is 2.84 bits per heavy atom. The number of carbonyl (C=O) groups is 1. The van der Waals surface area contributed by atoms with Crippen molar-refractivity contribution in [3.8, 4) is 0 Å². The number of urea groups is 1. The van der Waals surface area contributed by atoms with E-state index in [0.29, 0.717) is 0 Å². The summed E-state index contributed by atoms with van der Waals surface area (Å²) in [5.41, 5.74) is 1.66. The topological polar surface area (TPSA) is 57.3 Å². The number of amides is 2. The number of aromatic nitrogens is 1. The van der Waals surface area contributed by atoms with Gasteiger partial charge in [-0.1, -0.05) is 12.1 Å². The van der Waals surface area contributed by atoms with Gasteiger partial charge in [0.05, 0.1) is 5.69 Å². The molecule has 2 fully saturated rings. The van der Waals surface area contributed by atoms with Crippen LogP contribution in [-0.2, 0) is 0 Å². The predicted octanol–water partition coefficient (Wildman–Crippen LogP) is 3.50. The van der Waals surface area contributed by atoms with Gasteiger partial charge in [0.1, 0.15) is 5.82 Å². The second-order valence-corrected chi connectivity index (χ2v) is 6.67. The van der Waals surface area contributed by atoms with E-state index >= 15 is 0 Å². The molecule has 1 saturated heterocycles. The number of anilines is 2. The maximum atomic E-state index is 13.3. The number of benzene rings is 1. The highest BCUT2D eigenvalue weighted by atomic mass is 19.1. The third-order valence-electron chi connectivity index (χ3n) is 4.82. The third-order valence-corrected chi connectivity index (χ3v) is 4.82. The Kier molecular flexibility index (Phi) is 4.26. The van der Waals surface area contributed by atoms with Crippen molar-refractivity contribution < 1.29 is 9.18 Å². The molecule has 25 heavy (non-hydrogen) atoms. The number of carbonyl (C=O) groups excluding carboxylic acids is 1. The minimum absolute atomic E-state index is 0.0497. The van der Waals surface area contributed by atoms with Gasteiger partial charge in [0.2, 0.25) is 0 Å². The average Bonchev–Trinajstić information content (AvgIpc) is 3.15. The van der Waals surface area contributed by atoms with E-state index in [0.717, 1.165) is 49.4 Å². The van der Waals surface area contributed by atoms with Gasteiger partial charge >= 0.3 is 6.03 Å². The van der Waals surface area contributed by atoms with Crippen molar-refractivity contribution in [3.05, 3.63) is 54.0 Å². The summed E-state index contributed by atoms with van der Waals surface area (Å²) in [6, 6.07) is 10.1. The van der Waals surface area contributed by atoms with Crippen LogP contribution in [0, 0.1) is 5.82 Å². The van der Waals surface area contributed by atoms with Gasteiger partial charge in [0, 0.05) is 31.2 Å². The number of pyridine rings is 1. The van der Waals surface area contributed by atoms with Crippen LogP contribution < -0.4 is 15.5 Å². The first-order chi connectivity index (χ1) is 12.2. The molecule has 2 aliphatic rings. The SMILES string of the molecule is O=C(Nc1cccnc1N1CCCC1)N[C@@H]1C[C@H]1c1cccc(F)c1. The van der Waals surface area contributed by atoms with Crippen molar-refractivity contribution in [3.63, 3.8) is 0 Å². The van der Waals surface area contributed by atoms with Crippen molar-refractivity contribution in [1.82, 2.24) is 10.3 Å². The maximum absolute atomic E-state index is 13.3. The Bertz CT molecular complexity index is 776. The third kappa shape index (κ3) is 3.57. The van der Waals surface area contributed by atoms with Crippen molar-refractivity contribution in [1.29, 1.82) is 0 Å². The fourth-order valence-corrected chi connectivity index (χ4v) is 3.46. The Labute approximate surface area is 146 Å². The Morgan fingerprint density at radius 2 is 2.04 bits per heavy atom. The fourth-order valence-electron chi connectivity index (χ4n) is 3.46. The zero-order chi connectivity index (χ0) is 17.2. The zero-order valence-corrected chi connectivity index (χ0v) is 13.9. The van der Waals surface area contributed by atoms with Gasteiger partial charge in [0.15, 0.2) is 5.82 Å². The average molecular weight is 340 g/mol. The van der Waals surface area contributed by atoms with Gasteiger partial charge < -0.3 is 15.5 Å². The maximum Gasteiger partial charge on any atom is 0.319 e. The first-order valence-corrected chi connectivity index (χ1v) is 8.73. The van der Waals surface area contributed by atoms with Crippen LogP contribution >= 0.6 is 0 Å². The summed E-state index contributed by atoms with van der Waals surface area (Å²) in [5.74, 6) is 0.777. The highest BCUT2D eigenvalue weighted by Crippen LogP contribution is 2.41. The summed E-state index contributed by atoms with van der Waals surface area (Å²) in [6.45, 7) is 1.94. The molecule has 2 amide bonds. The number of nitrogens with one attached hydrogen (secondary N) is 2. The van der Waals surface area contributed by atoms with Gasteiger partial charge in [-0.2, -0.15) is 0 Å². The lowest BCUT2D eigenvalue weighted by Gasteiger charge is -2.20. The number of nitrogens with zero attached hydrogens (tertiary/aromatic N) is 2. The van der Waals surface area contributed by atoms with Crippen LogP contribution in [0.5, 0.6) is 0 Å². The molecule has 0 radical (unpaired) electrons. The molecule has 2 aromatic rings. The molecule has 1 aliphatic carbocycles. The first-order valence-electron chi connectivity index (χ1n) is 8.73. The quantitative estimate of drug-likeness (QED) is 0.896. The second-order valence-electron chi connectivity index (χ2n) is 6.67. The van der Waals surface area contributed by atoms with Crippen LogP contribution in [0.25, 0.3) is 0 Å². The molecule has 1 aromatic heterocycles. The van der Waals surface area contributed by atoms with Crippen molar-refractivity contribution >= 4 is 17.5 Å². The smallest absolute Gasteiger partial charge is 0.319 e. The molecule has 2 N–H and O–H groups in total. The molecule has 0 spiro atoms. The van der Waals surface area contributed by atoms with Crippen LogP contribution in [0.1, 0.15) is 30.7 Å². The van der Waals surface area contributed by atoms with Crippen LogP contribution in [0.3, 0.4) is 0 Å². The molecule has 1 aromatic carbocycles. The number of hydrogen-bond acceptors (Lipinski definition) is 3. The highest BCUT2D eigenvalue weighted by Gasteiger charge is 2.39. The highest BCUT2D eigenvalue weighted by molar-refractivity contribution is 5.92. The molecule has 1 aliphatic heterocycles. The van der Waals surface area contributed by atoms with Crippen LogP contribution in [0.2, 0.25) is 0 Å². The Morgan fingerprint density at radius 1 is 1.20 bits per heavy atom. The lowest BCUT2D eigenvalue weighted by atomic mass is 10.1. The molecule has 4 rings (SSSR count). The van der Waals surface area contributed by atoms with Gasteiger partial charge in [-0.25, -0.2) is 14.2 Å². The summed E-state index contributed by atoms with van der Waals surface area (Å²) in [4.78, 5) is 19.0. The Hall–Kier alpha value is -2.63. The molecule has 6 heteroatoms. The van der Waals surface area contributed by atoms with Gasteiger partial charge in [0.25, 0.3) is 0 Å². The van der Waals surface area contributed by atoms with E-state index < -0.39 is 0 Å². The molecule has 0 unspecified atom stereocenters. The minimum atomic E-state index is -0.239. The van der Waals surface area contributed by atoms with Crippen molar-refractivity contribution in [2.45, 2.75) is 31.2 Å². The van der Waals surface area contributed by atoms with Gasteiger partial charge in [-0.15, -0.1) is 0 Å². The predicted molar refractivity (Wildman–Crippen MR) is 95.4 cm³/mol. The lowest BCUT2D eigenvalue weighted by Crippen LogP contribution is -2.32. The van der Waals surface area contributed by atoms with Crippen LogP contribution in [0.4, 0.5) is 20.7 Å². The van der Waals surface area contributed by atoms with Crippen molar-refractivity contribution in [2.24, 2.45) is 0 Å². The van der Waals surface area contributed by atoms with E-state index in [-0.39, 0.29) is 23.8 Å². The number of hydrogen-bond donors (Lipinski definition) is 2. The molecule has 1 saturated carbocycles. The molecule has 130 valence electrons. The summed E-state index contributed by atoms with van der Waals surface area (Å²) >= 11 is 0. The number of rotatable bonds is 4. The molecular weight excluding hydrogens is 319 g/mol. The van der Waals surface area contributed by atoms with E-state index in [1.54, 1.807) is 12.3 Å². The van der Waals surface area contributed by atoms with E-state index in [9.17, 15) is 9.18 Å². The summed E-state index contributed by atoms with van der Waals surface area (Å²) in [6.07, 6.45) is 4.89. The molecule has 2 heterocycles.